The molecule has 4 rings (SSSR count). The number of nitrogens with zero attached hydrogens (tertiary/aromatic N) is 6. The molecule has 0 aliphatic carbocycles. The van der Waals surface area contributed by atoms with Gasteiger partial charge in [0.1, 0.15) is 5.82 Å². The molecule has 1 saturated heterocycles. The molecular formula is C22H24FN7O2S. The summed E-state index contributed by atoms with van der Waals surface area (Å²) in [5.74, 6) is -0.376. The molecule has 2 amide bonds. The Morgan fingerprint density at radius 1 is 1.09 bits per heavy atom. The van der Waals surface area contributed by atoms with Crippen molar-refractivity contribution in [1.29, 1.82) is 0 Å². The third kappa shape index (κ3) is 6.14. The largest absolute Gasteiger partial charge is 0.339 e. The van der Waals surface area contributed by atoms with Gasteiger partial charge in [-0.25, -0.2) is 4.39 Å². The fourth-order valence-electron chi connectivity index (χ4n) is 3.46. The van der Waals surface area contributed by atoms with Crippen LogP contribution in [-0.4, -0.2) is 80.3 Å². The Labute approximate surface area is 194 Å². The molecule has 1 fully saturated rings. The Hall–Kier alpha value is -3.31. The van der Waals surface area contributed by atoms with E-state index in [2.05, 4.69) is 20.8 Å². The fraction of sp³-hybridized carbons (Fsp3) is 0.318. The molecule has 1 aromatic heterocycles. The third-order valence-electron chi connectivity index (χ3n) is 5.24. The van der Waals surface area contributed by atoms with E-state index in [1.54, 1.807) is 21.7 Å². The van der Waals surface area contributed by atoms with E-state index in [0.717, 1.165) is 11.3 Å². The summed E-state index contributed by atoms with van der Waals surface area (Å²) in [5, 5.41) is 15.0. The average molecular weight is 470 g/mol. The Kier molecular flexibility index (Phi) is 7.30. The molecule has 0 atom stereocenters. The van der Waals surface area contributed by atoms with Crippen LogP contribution in [0.5, 0.6) is 0 Å². The summed E-state index contributed by atoms with van der Waals surface area (Å²) in [6.45, 7) is 4.46. The van der Waals surface area contributed by atoms with Crippen molar-refractivity contribution in [1.82, 2.24) is 30.0 Å². The number of carbonyl (C=O) groups is 2. The van der Waals surface area contributed by atoms with Crippen molar-refractivity contribution < 1.29 is 14.0 Å². The first-order chi connectivity index (χ1) is 16.0. The van der Waals surface area contributed by atoms with Crippen molar-refractivity contribution in [2.24, 2.45) is 0 Å². The van der Waals surface area contributed by atoms with E-state index in [0.29, 0.717) is 37.0 Å². The van der Waals surface area contributed by atoms with Crippen LogP contribution in [0.1, 0.15) is 5.56 Å². The lowest BCUT2D eigenvalue weighted by Crippen LogP contribution is -2.50. The number of nitrogens with one attached hydrogen (secondary N) is 1. The zero-order valence-corrected chi connectivity index (χ0v) is 19.0. The molecule has 1 N–H and O–H groups in total. The molecule has 2 aromatic carbocycles. The zero-order valence-electron chi connectivity index (χ0n) is 18.1. The first-order valence-corrected chi connectivity index (χ1v) is 11.5. The first-order valence-electron chi connectivity index (χ1n) is 10.5. The van der Waals surface area contributed by atoms with Crippen LogP contribution in [0.2, 0.25) is 0 Å². The summed E-state index contributed by atoms with van der Waals surface area (Å²) < 4.78 is 14.9. The number of amides is 2. The number of aromatic nitrogens is 4. The maximum absolute atomic E-state index is 13.3. The van der Waals surface area contributed by atoms with Gasteiger partial charge in [0.2, 0.25) is 17.0 Å². The van der Waals surface area contributed by atoms with E-state index in [-0.39, 0.29) is 24.1 Å². The van der Waals surface area contributed by atoms with Gasteiger partial charge in [0.25, 0.3) is 0 Å². The van der Waals surface area contributed by atoms with Gasteiger partial charge in [-0.15, -0.1) is 5.10 Å². The number of hydrogen-bond acceptors (Lipinski definition) is 7. The van der Waals surface area contributed by atoms with Crippen LogP contribution >= 0.6 is 11.8 Å². The molecule has 3 aromatic rings. The molecule has 0 saturated carbocycles. The molecule has 0 bridgehead atoms. The minimum absolute atomic E-state index is 0.00215. The topological polar surface area (TPSA) is 96.2 Å². The van der Waals surface area contributed by atoms with E-state index in [1.165, 1.54) is 23.9 Å². The lowest BCUT2D eigenvalue weighted by atomic mass is 10.2. The van der Waals surface area contributed by atoms with E-state index < -0.39 is 5.82 Å². The number of thioether (sulfide) groups is 1. The van der Waals surface area contributed by atoms with Gasteiger partial charge in [-0.1, -0.05) is 35.5 Å². The summed E-state index contributed by atoms with van der Waals surface area (Å²) in [4.78, 5) is 28.7. The van der Waals surface area contributed by atoms with Crippen molar-refractivity contribution in [3.8, 4) is 5.69 Å². The smallest absolute Gasteiger partial charge is 0.238 e. The van der Waals surface area contributed by atoms with Crippen molar-refractivity contribution in [3.05, 3.63) is 59.9 Å². The van der Waals surface area contributed by atoms with Crippen LogP contribution in [0.3, 0.4) is 0 Å². The fourth-order valence-corrected chi connectivity index (χ4v) is 4.25. The van der Waals surface area contributed by atoms with E-state index >= 15 is 0 Å². The van der Waals surface area contributed by atoms with Gasteiger partial charge in [-0.05, 0) is 47.7 Å². The van der Waals surface area contributed by atoms with Crippen molar-refractivity contribution in [2.45, 2.75) is 12.1 Å². The highest BCUT2D eigenvalue weighted by atomic mass is 32.2. The van der Waals surface area contributed by atoms with Crippen LogP contribution in [0.25, 0.3) is 5.69 Å². The SMILES string of the molecule is Cc1ccc(-n2nnnc2SCC(=O)N2CCN(CC(=O)Nc3cccc(F)c3)CC2)cc1. The zero-order chi connectivity index (χ0) is 23.2. The lowest BCUT2D eigenvalue weighted by Gasteiger charge is -2.34. The third-order valence-corrected chi connectivity index (χ3v) is 6.15. The molecule has 33 heavy (non-hydrogen) atoms. The number of carbonyl (C=O) groups excluding carboxylic acids is 2. The quantitative estimate of drug-likeness (QED) is 0.529. The summed E-state index contributed by atoms with van der Waals surface area (Å²) in [6, 6.07) is 13.6. The number of hydrogen-bond donors (Lipinski definition) is 1. The number of benzene rings is 2. The summed E-state index contributed by atoms with van der Waals surface area (Å²) in [7, 11) is 0. The second kappa shape index (κ2) is 10.5. The molecule has 11 heteroatoms. The van der Waals surface area contributed by atoms with E-state index in [4.69, 9.17) is 0 Å². The second-order valence-corrected chi connectivity index (χ2v) is 8.66. The van der Waals surface area contributed by atoms with Crippen molar-refractivity contribution >= 4 is 29.3 Å². The number of rotatable bonds is 7. The molecule has 2 heterocycles. The predicted molar refractivity (Wildman–Crippen MR) is 123 cm³/mol. The summed E-state index contributed by atoms with van der Waals surface area (Å²) >= 11 is 1.30. The van der Waals surface area contributed by atoms with Crippen molar-refractivity contribution in [3.63, 3.8) is 0 Å². The number of piperazine rings is 1. The average Bonchev–Trinajstić information content (AvgIpc) is 3.27. The minimum Gasteiger partial charge on any atom is -0.339 e. The van der Waals surface area contributed by atoms with Crippen molar-refractivity contribution in [2.75, 3.05) is 43.8 Å². The van der Waals surface area contributed by atoms with E-state index in [1.807, 2.05) is 36.1 Å². The van der Waals surface area contributed by atoms with Crippen LogP contribution in [0.15, 0.2) is 53.7 Å². The number of anilines is 1. The van der Waals surface area contributed by atoms with Crippen LogP contribution in [0, 0.1) is 12.7 Å². The molecule has 172 valence electrons. The standard InChI is InChI=1S/C22H24FN7O2S/c1-16-5-7-19(8-6-16)30-22(25-26-27-30)33-15-21(32)29-11-9-28(10-12-29)14-20(31)24-18-4-2-3-17(23)13-18/h2-8,13H,9-12,14-15H2,1H3,(H,24,31). The van der Waals surface area contributed by atoms with Gasteiger partial charge in [-0.2, -0.15) is 4.68 Å². The van der Waals surface area contributed by atoms with E-state index in [9.17, 15) is 14.0 Å². The summed E-state index contributed by atoms with van der Waals surface area (Å²) in [5.41, 5.74) is 2.41. The summed E-state index contributed by atoms with van der Waals surface area (Å²) in [6.07, 6.45) is 0. The highest BCUT2D eigenvalue weighted by Gasteiger charge is 2.23. The molecule has 1 aliphatic rings. The number of tetrazole rings is 1. The molecular weight excluding hydrogens is 445 g/mol. The lowest BCUT2D eigenvalue weighted by molar-refractivity contribution is -0.130. The first kappa shape index (κ1) is 22.9. The van der Waals surface area contributed by atoms with Gasteiger partial charge in [0.15, 0.2) is 0 Å². The molecule has 0 unspecified atom stereocenters. The Morgan fingerprint density at radius 2 is 1.85 bits per heavy atom. The molecule has 1 aliphatic heterocycles. The Morgan fingerprint density at radius 3 is 2.58 bits per heavy atom. The Balaban J connectivity index is 1.23. The highest BCUT2D eigenvalue weighted by Crippen LogP contribution is 2.19. The maximum Gasteiger partial charge on any atom is 0.238 e. The minimum atomic E-state index is -0.398. The normalized spacial score (nSPS) is 14.3. The maximum atomic E-state index is 13.3. The monoisotopic (exact) mass is 469 g/mol. The Bertz CT molecular complexity index is 1110. The molecule has 9 nitrogen and oxygen atoms in total. The second-order valence-electron chi connectivity index (χ2n) is 7.71. The van der Waals surface area contributed by atoms with Crippen LogP contribution < -0.4 is 5.32 Å². The van der Waals surface area contributed by atoms with Gasteiger partial charge in [-0.3, -0.25) is 14.5 Å². The van der Waals surface area contributed by atoms with Gasteiger partial charge in [0, 0.05) is 31.9 Å². The molecule has 0 radical (unpaired) electrons. The van der Waals surface area contributed by atoms with Crippen LogP contribution in [-0.2, 0) is 9.59 Å². The number of aryl methyl sites for hydroxylation is 1. The van der Waals surface area contributed by atoms with Gasteiger partial charge < -0.3 is 10.2 Å². The van der Waals surface area contributed by atoms with Crippen LogP contribution in [0.4, 0.5) is 10.1 Å². The highest BCUT2D eigenvalue weighted by molar-refractivity contribution is 7.99. The van der Waals surface area contributed by atoms with Gasteiger partial charge >= 0.3 is 0 Å². The molecule has 0 spiro atoms. The number of halogens is 1. The van der Waals surface area contributed by atoms with Gasteiger partial charge in [0.05, 0.1) is 18.0 Å². The predicted octanol–water partition coefficient (Wildman–Crippen LogP) is 1.98.